The molecule has 3 heterocycles. The Morgan fingerprint density at radius 2 is 2.00 bits per heavy atom. The van der Waals surface area contributed by atoms with Gasteiger partial charge in [-0.05, 0) is 0 Å². The van der Waals surface area contributed by atoms with Crippen LogP contribution in [0.2, 0.25) is 0 Å². The molecule has 0 saturated heterocycles. The second-order valence-electron chi connectivity index (χ2n) is 3.99. The molecule has 0 aromatic carbocycles. The van der Waals surface area contributed by atoms with E-state index in [1.54, 1.807) is 35.5 Å². The number of nitrogen functional groups attached to an aromatic ring is 1. The van der Waals surface area contributed by atoms with Gasteiger partial charge in [0.25, 0.3) is 0 Å². The van der Waals surface area contributed by atoms with Crippen molar-refractivity contribution in [3.63, 3.8) is 0 Å². The topological polar surface area (TPSA) is 95.4 Å². The van der Waals surface area contributed by atoms with Crippen LogP contribution in [0.1, 0.15) is 0 Å². The lowest BCUT2D eigenvalue weighted by molar-refractivity contribution is 0.768. The maximum atomic E-state index is 5.81. The molecule has 0 fully saturated rings. The van der Waals surface area contributed by atoms with Crippen molar-refractivity contribution in [1.29, 1.82) is 0 Å². The van der Waals surface area contributed by atoms with Crippen LogP contribution in [0.4, 0.5) is 5.82 Å². The summed E-state index contributed by atoms with van der Waals surface area (Å²) in [5.41, 5.74) is 7.98. The first kappa shape index (κ1) is 11.3. The Morgan fingerprint density at radius 3 is 2.68 bits per heavy atom. The van der Waals surface area contributed by atoms with Crippen LogP contribution in [-0.4, -0.2) is 29.7 Å². The summed E-state index contributed by atoms with van der Waals surface area (Å²) in [5, 5.41) is 4.11. The van der Waals surface area contributed by atoms with Crippen LogP contribution >= 0.6 is 0 Å². The van der Waals surface area contributed by atoms with Crippen LogP contribution in [0.15, 0.2) is 37.1 Å². The molecule has 0 saturated carbocycles. The fourth-order valence-corrected chi connectivity index (χ4v) is 1.70. The van der Waals surface area contributed by atoms with Crippen LogP contribution in [0, 0.1) is 0 Å². The fraction of sp³-hybridized carbons (Fsp3) is 0.0833. The molecule has 0 spiro atoms. The highest BCUT2D eigenvalue weighted by Crippen LogP contribution is 2.21. The summed E-state index contributed by atoms with van der Waals surface area (Å²) in [7, 11) is 1.84. The molecular formula is C12H11N7. The maximum absolute atomic E-state index is 5.81. The number of nitrogens with zero attached hydrogens (tertiary/aromatic N) is 6. The Labute approximate surface area is 109 Å². The lowest BCUT2D eigenvalue weighted by Gasteiger charge is -2.03. The van der Waals surface area contributed by atoms with Gasteiger partial charge in [0, 0.05) is 37.3 Å². The van der Waals surface area contributed by atoms with Gasteiger partial charge < -0.3 is 5.73 Å². The molecule has 0 bridgehead atoms. The molecule has 0 aliphatic carbocycles. The van der Waals surface area contributed by atoms with Gasteiger partial charge in [-0.25, -0.2) is 15.0 Å². The van der Waals surface area contributed by atoms with Crippen molar-refractivity contribution in [1.82, 2.24) is 29.7 Å². The van der Waals surface area contributed by atoms with Gasteiger partial charge in [0.15, 0.2) is 5.82 Å². The molecule has 3 aromatic heterocycles. The smallest absolute Gasteiger partial charge is 0.182 e. The van der Waals surface area contributed by atoms with Gasteiger partial charge in [-0.2, -0.15) is 5.10 Å². The molecule has 19 heavy (non-hydrogen) atoms. The number of hydrogen-bond donors (Lipinski definition) is 1. The first-order chi connectivity index (χ1) is 9.22. The zero-order chi connectivity index (χ0) is 13.2. The Kier molecular flexibility index (Phi) is 2.64. The van der Waals surface area contributed by atoms with Gasteiger partial charge in [0.05, 0.1) is 18.1 Å². The van der Waals surface area contributed by atoms with Crippen molar-refractivity contribution in [2.75, 3.05) is 5.73 Å². The van der Waals surface area contributed by atoms with Crippen molar-refractivity contribution >= 4 is 5.82 Å². The monoisotopic (exact) mass is 253 g/mol. The van der Waals surface area contributed by atoms with Gasteiger partial charge >= 0.3 is 0 Å². The minimum Gasteiger partial charge on any atom is -0.384 e. The van der Waals surface area contributed by atoms with E-state index in [-0.39, 0.29) is 0 Å². The van der Waals surface area contributed by atoms with Crippen LogP contribution in [0.5, 0.6) is 0 Å². The minimum absolute atomic E-state index is 0.384. The van der Waals surface area contributed by atoms with Crippen molar-refractivity contribution in [3.8, 4) is 22.8 Å². The van der Waals surface area contributed by atoms with E-state index in [0.717, 1.165) is 5.56 Å². The molecule has 0 amide bonds. The van der Waals surface area contributed by atoms with Crippen molar-refractivity contribution in [3.05, 3.63) is 37.1 Å². The molecule has 3 rings (SSSR count). The molecule has 0 unspecified atom stereocenters. The number of aromatic nitrogens is 6. The van der Waals surface area contributed by atoms with Gasteiger partial charge in [-0.15, -0.1) is 0 Å². The molecule has 2 N–H and O–H groups in total. The van der Waals surface area contributed by atoms with E-state index in [2.05, 4.69) is 25.0 Å². The summed E-state index contributed by atoms with van der Waals surface area (Å²) < 4.78 is 1.70. The first-order valence-corrected chi connectivity index (χ1v) is 5.62. The summed E-state index contributed by atoms with van der Waals surface area (Å²) >= 11 is 0. The Morgan fingerprint density at radius 1 is 1.11 bits per heavy atom. The van der Waals surface area contributed by atoms with Crippen molar-refractivity contribution in [2.45, 2.75) is 0 Å². The third kappa shape index (κ3) is 2.25. The largest absolute Gasteiger partial charge is 0.384 e. The lowest BCUT2D eigenvalue weighted by Crippen LogP contribution is -1.99. The summed E-state index contributed by atoms with van der Waals surface area (Å²) in [5.74, 6) is 0.835. The predicted molar refractivity (Wildman–Crippen MR) is 69.7 cm³/mol. The number of nitrogens with two attached hydrogens (primary N) is 1. The highest BCUT2D eigenvalue weighted by molar-refractivity contribution is 5.64. The third-order valence-corrected chi connectivity index (χ3v) is 2.54. The molecule has 7 heteroatoms. The zero-order valence-electron chi connectivity index (χ0n) is 10.2. The average Bonchev–Trinajstić information content (AvgIpc) is 2.86. The van der Waals surface area contributed by atoms with Crippen molar-refractivity contribution in [2.24, 2.45) is 7.05 Å². The summed E-state index contributed by atoms with van der Waals surface area (Å²) in [4.78, 5) is 16.8. The Hall–Kier alpha value is -2.83. The van der Waals surface area contributed by atoms with Crippen LogP contribution in [0.3, 0.4) is 0 Å². The minimum atomic E-state index is 0.384. The van der Waals surface area contributed by atoms with Gasteiger partial charge in [0.2, 0.25) is 0 Å². The van der Waals surface area contributed by atoms with Crippen LogP contribution < -0.4 is 5.73 Å². The molecular weight excluding hydrogens is 242 g/mol. The van der Waals surface area contributed by atoms with Gasteiger partial charge in [-0.1, -0.05) is 0 Å². The predicted octanol–water partition coefficient (Wildman–Crippen LogP) is 0.916. The normalized spacial score (nSPS) is 10.6. The van der Waals surface area contributed by atoms with Crippen LogP contribution in [0.25, 0.3) is 22.8 Å². The highest BCUT2D eigenvalue weighted by Gasteiger charge is 2.09. The molecule has 94 valence electrons. The first-order valence-electron chi connectivity index (χ1n) is 5.62. The molecule has 0 aliphatic heterocycles. The number of aryl methyl sites for hydroxylation is 1. The molecule has 0 atom stereocenters. The SMILES string of the molecule is Cn1cc(-c2cc(N)nc(-c3cnccn3)n2)cn1. The van der Waals surface area contributed by atoms with Crippen molar-refractivity contribution < 1.29 is 0 Å². The summed E-state index contributed by atoms with van der Waals surface area (Å²) in [6, 6.07) is 1.71. The van der Waals surface area contributed by atoms with E-state index in [4.69, 9.17) is 5.73 Å². The maximum Gasteiger partial charge on any atom is 0.182 e. The van der Waals surface area contributed by atoms with E-state index in [1.807, 2.05) is 13.2 Å². The lowest BCUT2D eigenvalue weighted by atomic mass is 10.2. The van der Waals surface area contributed by atoms with E-state index in [0.29, 0.717) is 23.0 Å². The second-order valence-corrected chi connectivity index (χ2v) is 3.99. The average molecular weight is 253 g/mol. The highest BCUT2D eigenvalue weighted by atomic mass is 15.2. The second kappa shape index (κ2) is 4.45. The number of hydrogen-bond acceptors (Lipinski definition) is 6. The fourth-order valence-electron chi connectivity index (χ4n) is 1.70. The van der Waals surface area contributed by atoms with Gasteiger partial charge in [0.1, 0.15) is 11.5 Å². The molecule has 0 radical (unpaired) electrons. The Balaban J connectivity index is 2.11. The van der Waals surface area contributed by atoms with E-state index < -0.39 is 0 Å². The number of rotatable bonds is 2. The zero-order valence-corrected chi connectivity index (χ0v) is 10.2. The third-order valence-electron chi connectivity index (χ3n) is 2.54. The molecule has 0 aliphatic rings. The van der Waals surface area contributed by atoms with Crippen LogP contribution in [-0.2, 0) is 7.05 Å². The standard InChI is InChI=1S/C12H11N7/c1-19-7-8(5-16-19)9-4-11(13)18-12(17-9)10-6-14-2-3-15-10/h2-7H,1H3,(H2,13,17,18). The van der Waals surface area contributed by atoms with Gasteiger partial charge in [-0.3, -0.25) is 9.67 Å². The Bertz CT molecular complexity index is 705. The quantitative estimate of drug-likeness (QED) is 0.729. The molecule has 3 aromatic rings. The summed E-state index contributed by atoms with van der Waals surface area (Å²) in [6.07, 6.45) is 8.37. The number of anilines is 1. The molecule has 7 nitrogen and oxygen atoms in total. The summed E-state index contributed by atoms with van der Waals surface area (Å²) in [6.45, 7) is 0. The van der Waals surface area contributed by atoms with E-state index >= 15 is 0 Å². The van der Waals surface area contributed by atoms with E-state index in [1.165, 1.54) is 0 Å². The van der Waals surface area contributed by atoms with E-state index in [9.17, 15) is 0 Å².